The van der Waals surface area contributed by atoms with Gasteiger partial charge in [-0.3, -0.25) is 0 Å². The predicted molar refractivity (Wildman–Crippen MR) is 82.6 cm³/mol. The molecule has 2 atom stereocenters. The molecule has 0 aliphatic rings. The molecule has 0 bridgehead atoms. The van der Waals surface area contributed by atoms with Crippen LogP contribution in [-0.2, 0) is 13.5 Å². The number of aliphatic hydroxyl groups excluding tert-OH is 1. The van der Waals surface area contributed by atoms with Gasteiger partial charge in [-0.2, -0.15) is 11.8 Å². The van der Waals surface area contributed by atoms with Gasteiger partial charge in [-0.1, -0.05) is 26.0 Å². The fourth-order valence-corrected chi connectivity index (χ4v) is 2.95. The lowest BCUT2D eigenvalue weighted by Gasteiger charge is -2.13. The van der Waals surface area contributed by atoms with E-state index in [1.165, 1.54) is 0 Å². The van der Waals surface area contributed by atoms with Crippen molar-refractivity contribution in [2.24, 2.45) is 7.05 Å². The molecule has 2 aromatic rings. The van der Waals surface area contributed by atoms with Crippen molar-refractivity contribution in [2.75, 3.05) is 5.75 Å². The second-order valence-electron chi connectivity index (χ2n) is 4.99. The Balaban J connectivity index is 2.02. The number of aliphatic hydroxyl groups is 1. The molecule has 0 amide bonds. The van der Waals surface area contributed by atoms with Crippen molar-refractivity contribution in [3.05, 3.63) is 30.1 Å². The van der Waals surface area contributed by atoms with Crippen LogP contribution >= 0.6 is 11.8 Å². The van der Waals surface area contributed by atoms with Crippen LogP contribution in [0, 0.1) is 0 Å². The molecule has 0 aliphatic carbocycles. The van der Waals surface area contributed by atoms with Gasteiger partial charge >= 0.3 is 0 Å². The van der Waals surface area contributed by atoms with Crippen molar-refractivity contribution in [2.45, 2.75) is 38.0 Å². The molecule has 1 heterocycles. The number of hydrogen-bond donors (Lipinski definition) is 1. The third kappa shape index (κ3) is 3.51. The maximum absolute atomic E-state index is 10.1. The molecule has 19 heavy (non-hydrogen) atoms. The average molecular weight is 278 g/mol. The third-order valence-electron chi connectivity index (χ3n) is 3.45. The monoisotopic (exact) mass is 278 g/mol. The zero-order valence-electron chi connectivity index (χ0n) is 11.8. The molecule has 0 saturated heterocycles. The van der Waals surface area contributed by atoms with Crippen LogP contribution in [0.2, 0.25) is 0 Å². The van der Waals surface area contributed by atoms with E-state index in [0.717, 1.165) is 29.0 Å². The molecule has 1 N–H and O–H groups in total. The van der Waals surface area contributed by atoms with Crippen LogP contribution in [0.3, 0.4) is 0 Å². The summed E-state index contributed by atoms with van der Waals surface area (Å²) in [6, 6.07) is 8.09. The van der Waals surface area contributed by atoms with Gasteiger partial charge in [0.2, 0.25) is 0 Å². The second kappa shape index (κ2) is 6.44. The number of rotatable bonds is 6. The van der Waals surface area contributed by atoms with Crippen LogP contribution in [0.4, 0.5) is 0 Å². The van der Waals surface area contributed by atoms with Gasteiger partial charge in [0.1, 0.15) is 5.82 Å². The predicted octanol–water partition coefficient (Wildman–Crippen LogP) is 3.01. The van der Waals surface area contributed by atoms with Crippen molar-refractivity contribution in [1.82, 2.24) is 9.55 Å². The van der Waals surface area contributed by atoms with Crippen LogP contribution in [0.5, 0.6) is 0 Å². The van der Waals surface area contributed by atoms with Crippen molar-refractivity contribution >= 4 is 22.8 Å². The third-order valence-corrected chi connectivity index (χ3v) is 4.93. The lowest BCUT2D eigenvalue weighted by atomic mass is 10.3. The van der Waals surface area contributed by atoms with Gasteiger partial charge < -0.3 is 9.67 Å². The van der Waals surface area contributed by atoms with E-state index in [9.17, 15) is 5.11 Å². The Bertz CT molecular complexity index is 538. The van der Waals surface area contributed by atoms with Crippen LogP contribution in [0.15, 0.2) is 24.3 Å². The van der Waals surface area contributed by atoms with E-state index in [1.54, 1.807) is 0 Å². The van der Waals surface area contributed by atoms with E-state index >= 15 is 0 Å². The summed E-state index contributed by atoms with van der Waals surface area (Å²) in [5, 5.41) is 10.7. The summed E-state index contributed by atoms with van der Waals surface area (Å²) in [6.45, 7) is 4.38. The number of thioether (sulfide) groups is 1. The Kier molecular flexibility index (Phi) is 4.88. The lowest BCUT2D eigenvalue weighted by Crippen LogP contribution is -2.17. The molecule has 2 rings (SSSR count). The molecule has 0 aliphatic heterocycles. The fraction of sp³-hybridized carbons (Fsp3) is 0.533. The Morgan fingerprint density at radius 3 is 2.79 bits per heavy atom. The largest absolute Gasteiger partial charge is 0.392 e. The first-order valence-electron chi connectivity index (χ1n) is 6.81. The highest BCUT2D eigenvalue weighted by Gasteiger charge is 2.13. The van der Waals surface area contributed by atoms with Crippen molar-refractivity contribution in [3.8, 4) is 0 Å². The fourth-order valence-electron chi connectivity index (χ4n) is 2.04. The molecule has 1 aromatic carbocycles. The van der Waals surface area contributed by atoms with E-state index in [4.69, 9.17) is 0 Å². The minimum atomic E-state index is -0.325. The Hall–Kier alpha value is -1.00. The number of hydrogen-bond acceptors (Lipinski definition) is 3. The van der Waals surface area contributed by atoms with Crippen LogP contribution in [0.25, 0.3) is 11.0 Å². The van der Waals surface area contributed by atoms with Crippen LogP contribution in [0.1, 0.15) is 26.1 Å². The number of aromatic nitrogens is 2. The zero-order chi connectivity index (χ0) is 13.8. The number of nitrogens with zero attached hydrogens (tertiary/aromatic N) is 2. The van der Waals surface area contributed by atoms with E-state index in [0.29, 0.717) is 11.7 Å². The zero-order valence-corrected chi connectivity index (χ0v) is 12.7. The molecule has 0 spiro atoms. The van der Waals surface area contributed by atoms with Crippen LogP contribution < -0.4 is 0 Å². The number of para-hydroxylation sites is 2. The smallest absolute Gasteiger partial charge is 0.112 e. The van der Waals surface area contributed by atoms with Gasteiger partial charge in [0.25, 0.3) is 0 Å². The summed E-state index contributed by atoms with van der Waals surface area (Å²) in [5.41, 5.74) is 2.13. The topological polar surface area (TPSA) is 38.1 Å². The number of benzene rings is 1. The first-order chi connectivity index (χ1) is 9.11. The Morgan fingerprint density at radius 1 is 1.37 bits per heavy atom. The molecule has 1 aromatic heterocycles. The summed E-state index contributed by atoms with van der Waals surface area (Å²) in [4.78, 5) is 4.59. The van der Waals surface area contributed by atoms with E-state index in [2.05, 4.69) is 29.5 Å². The number of aryl methyl sites for hydroxylation is 1. The molecule has 0 fully saturated rings. The SMILES string of the molecule is CCC(C)SCC(O)Cc1nc2ccccc2n1C. The first kappa shape index (κ1) is 14.4. The average Bonchev–Trinajstić information content (AvgIpc) is 2.73. The number of imidazole rings is 1. The molecule has 2 unspecified atom stereocenters. The molecule has 0 radical (unpaired) electrons. The van der Waals surface area contributed by atoms with Gasteiger partial charge in [0.05, 0.1) is 17.1 Å². The molecule has 3 nitrogen and oxygen atoms in total. The Morgan fingerprint density at radius 2 is 2.11 bits per heavy atom. The van der Waals surface area contributed by atoms with Gasteiger partial charge in [-0.15, -0.1) is 0 Å². The minimum absolute atomic E-state index is 0.325. The minimum Gasteiger partial charge on any atom is -0.392 e. The summed E-state index contributed by atoms with van der Waals surface area (Å²) in [6.07, 6.45) is 1.44. The van der Waals surface area contributed by atoms with Gasteiger partial charge in [0.15, 0.2) is 0 Å². The van der Waals surface area contributed by atoms with Crippen LogP contribution in [-0.4, -0.2) is 31.8 Å². The number of fused-ring (bicyclic) bond motifs is 1. The second-order valence-corrected chi connectivity index (χ2v) is 6.46. The summed E-state index contributed by atoms with van der Waals surface area (Å²) in [7, 11) is 2.01. The van der Waals surface area contributed by atoms with Crippen molar-refractivity contribution < 1.29 is 5.11 Å². The quantitative estimate of drug-likeness (QED) is 0.882. The summed E-state index contributed by atoms with van der Waals surface area (Å²) >= 11 is 1.83. The highest BCUT2D eigenvalue weighted by molar-refractivity contribution is 7.99. The molecular formula is C15H22N2OS. The molecule has 0 saturated carbocycles. The summed E-state index contributed by atoms with van der Waals surface area (Å²) in [5.74, 6) is 1.73. The molecule has 4 heteroatoms. The van der Waals surface area contributed by atoms with Crippen molar-refractivity contribution in [3.63, 3.8) is 0 Å². The van der Waals surface area contributed by atoms with E-state index in [1.807, 2.05) is 37.0 Å². The first-order valence-corrected chi connectivity index (χ1v) is 7.86. The normalized spacial score (nSPS) is 14.7. The van der Waals surface area contributed by atoms with E-state index in [-0.39, 0.29) is 6.10 Å². The maximum Gasteiger partial charge on any atom is 0.112 e. The van der Waals surface area contributed by atoms with Crippen molar-refractivity contribution in [1.29, 1.82) is 0 Å². The summed E-state index contributed by atoms with van der Waals surface area (Å²) < 4.78 is 2.08. The lowest BCUT2D eigenvalue weighted by molar-refractivity contribution is 0.196. The Labute approximate surface area is 119 Å². The van der Waals surface area contributed by atoms with Gasteiger partial charge in [-0.05, 0) is 18.6 Å². The molecule has 104 valence electrons. The standard InChI is InChI=1S/C15H22N2OS/c1-4-11(2)19-10-12(18)9-15-16-13-7-5-6-8-14(13)17(15)3/h5-8,11-12,18H,4,9-10H2,1-3H3. The maximum atomic E-state index is 10.1. The highest BCUT2D eigenvalue weighted by atomic mass is 32.2. The van der Waals surface area contributed by atoms with Gasteiger partial charge in [0, 0.05) is 24.5 Å². The van der Waals surface area contributed by atoms with Gasteiger partial charge in [-0.25, -0.2) is 4.98 Å². The van der Waals surface area contributed by atoms with E-state index < -0.39 is 0 Å². The highest BCUT2D eigenvalue weighted by Crippen LogP contribution is 2.18. The molecular weight excluding hydrogens is 256 g/mol.